The smallest absolute Gasteiger partial charge is 0.336 e. The number of benzene rings is 1. The molecule has 0 saturated carbocycles. The molecule has 11 nitrogen and oxygen atoms in total. The lowest BCUT2D eigenvalue weighted by molar-refractivity contribution is -0.170. The molecule has 2 rings (SSSR count). The summed E-state index contributed by atoms with van der Waals surface area (Å²) in [6.07, 6.45) is 2.41. The second-order valence-corrected chi connectivity index (χ2v) is 7.66. The number of rotatable bonds is 13. The van der Waals surface area contributed by atoms with Crippen LogP contribution in [-0.2, 0) is 19.1 Å². The van der Waals surface area contributed by atoms with Crippen LogP contribution in [0.1, 0.15) is 38.5 Å². The summed E-state index contributed by atoms with van der Waals surface area (Å²) in [6.45, 7) is 5.79. The molecule has 0 amide bonds. The van der Waals surface area contributed by atoms with Crippen molar-refractivity contribution in [2.45, 2.75) is 44.1 Å². The van der Waals surface area contributed by atoms with E-state index in [1.54, 1.807) is 18.2 Å². The van der Waals surface area contributed by atoms with E-state index in [0.29, 0.717) is 12.4 Å². The number of morpholine rings is 1. The van der Waals surface area contributed by atoms with Gasteiger partial charge in [-0.05, 0) is 31.5 Å². The number of carbonyl (C=O) groups is 3. The highest BCUT2D eigenvalue weighted by molar-refractivity contribution is 5.88. The van der Waals surface area contributed by atoms with Crippen LogP contribution < -0.4 is 4.74 Å². The lowest BCUT2D eigenvalue weighted by atomic mass is 9.96. The lowest BCUT2D eigenvalue weighted by Crippen LogP contribution is -2.42. The Labute approximate surface area is 192 Å². The Bertz CT molecular complexity index is 732. The number of nitrogens with zero attached hydrogens (tertiary/aromatic N) is 1. The van der Waals surface area contributed by atoms with Gasteiger partial charge in [0.05, 0.1) is 32.7 Å². The fraction of sp³-hybridized carbons (Fsp3) is 0.591. The minimum Gasteiger partial charge on any atom is -0.504 e. The predicted octanol–water partition coefficient (Wildman–Crippen LogP) is 1.42. The first kappa shape index (κ1) is 28.1. The van der Waals surface area contributed by atoms with Crippen LogP contribution >= 0.6 is 0 Å². The van der Waals surface area contributed by atoms with Crippen LogP contribution in [0.2, 0.25) is 0 Å². The van der Waals surface area contributed by atoms with Crippen molar-refractivity contribution in [3.63, 3.8) is 0 Å². The zero-order valence-electron chi connectivity index (χ0n) is 18.5. The monoisotopic (exact) mass is 471 g/mol. The number of carboxylic acids is 3. The van der Waals surface area contributed by atoms with E-state index >= 15 is 0 Å². The molecular weight excluding hydrogens is 438 g/mol. The van der Waals surface area contributed by atoms with Crippen LogP contribution in [0.25, 0.3) is 0 Å². The highest BCUT2D eigenvalue weighted by Crippen LogP contribution is 2.24. The highest BCUT2D eigenvalue weighted by Gasteiger charge is 2.40. The van der Waals surface area contributed by atoms with E-state index in [-0.39, 0.29) is 5.75 Å². The summed E-state index contributed by atoms with van der Waals surface area (Å²) < 4.78 is 10.9. The maximum absolute atomic E-state index is 10.3. The number of unbranched alkanes of at least 4 members (excludes halogenated alkanes) is 3. The standard InChI is InChI=1S/C16H25NO3.C6H8O7/c18-15-7-3-4-8-16(15)20-12-6-2-1-5-9-17-10-13-19-14-11-17;7-3(8)1-6(13,5(11)12)2-4(9)10/h3-4,7-8,18H,1-2,5-6,9-14H2;13H,1-2H2,(H,7,8)(H,9,10)(H,11,12). The average molecular weight is 472 g/mol. The number of ether oxygens (including phenoxy) is 2. The number of hydrogen-bond donors (Lipinski definition) is 5. The molecule has 0 unspecified atom stereocenters. The molecule has 0 radical (unpaired) electrons. The second kappa shape index (κ2) is 15.0. The third kappa shape index (κ3) is 12.1. The normalized spacial score (nSPS) is 14.1. The Morgan fingerprint density at radius 1 is 0.939 bits per heavy atom. The predicted molar refractivity (Wildman–Crippen MR) is 116 cm³/mol. The van der Waals surface area contributed by atoms with Gasteiger partial charge in [0, 0.05) is 13.1 Å². The third-order valence-corrected chi connectivity index (χ3v) is 4.88. The number of hydrogen-bond acceptors (Lipinski definition) is 8. The summed E-state index contributed by atoms with van der Waals surface area (Å²) in [7, 11) is 0. The lowest BCUT2D eigenvalue weighted by Gasteiger charge is -2.26. The molecule has 1 aliphatic rings. The maximum Gasteiger partial charge on any atom is 0.336 e. The van der Waals surface area contributed by atoms with Crippen molar-refractivity contribution in [1.82, 2.24) is 4.90 Å². The van der Waals surface area contributed by atoms with Crippen molar-refractivity contribution < 1.29 is 49.4 Å². The summed E-state index contributed by atoms with van der Waals surface area (Å²) >= 11 is 0. The van der Waals surface area contributed by atoms with Gasteiger partial charge in [0.1, 0.15) is 0 Å². The Morgan fingerprint density at radius 3 is 2.06 bits per heavy atom. The average Bonchev–Trinajstić information content (AvgIpc) is 2.74. The van der Waals surface area contributed by atoms with Crippen LogP contribution in [0, 0.1) is 0 Å². The van der Waals surface area contributed by atoms with E-state index < -0.39 is 36.4 Å². The van der Waals surface area contributed by atoms with E-state index in [9.17, 15) is 19.5 Å². The van der Waals surface area contributed by atoms with Crippen molar-refractivity contribution in [3.05, 3.63) is 24.3 Å². The Hall–Kier alpha value is -2.89. The molecule has 0 bridgehead atoms. The topological polar surface area (TPSA) is 174 Å². The van der Waals surface area contributed by atoms with Crippen LogP contribution in [0.15, 0.2) is 24.3 Å². The van der Waals surface area contributed by atoms with Crippen molar-refractivity contribution in [2.24, 2.45) is 0 Å². The molecule has 0 aliphatic carbocycles. The minimum atomic E-state index is -2.74. The molecule has 0 aromatic heterocycles. The number of carboxylic acid groups (broad SMARTS) is 3. The first-order chi connectivity index (χ1) is 15.6. The van der Waals surface area contributed by atoms with Gasteiger partial charge in [0.25, 0.3) is 0 Å². The largest absolute Gasteiger partial charge is 0.504 e. The molecule has 186 valence electrons. The first-order valence-corrected chi connectivity index (χ1v) is 10.7. The molecular formula is C22H33NO10. The number of aliphatic hydroxyl groups is 1. The Balaban J connectivity index is 0.000000366. The fourth-order valence-electron chi connectivity index (χ4n) is 3.09. The Morgan fingerprint density at radius 2 is 1.52 bits per heavy atom. The van der Waals surface area contributed by atoms with Gasteiger partial charge in [-0.3, -0.25) is 14.5 Å². The van der Waals surface area contributed by atoms with Crippen molar-refractivity contribution in [2.75, 3.05) is 39.5 Å². The number of phenolic OH excluding ortho intramolecular Hbond substituents is 1. The van der Waals surface area contributed by atoms with Gasteiger partial charge >= 0.3 is 17.9 Å². The fourth-order valence-corrected chi connectivity index (χ4v) is 3.09. The third-order valence-electron chi connectivity index (χ3n) is 4.88. The zero-order chi connectivity index (χ0) is 24.7. The molecule has 0 spiro atoms. The van der Waals surface area contributed by atoms with Crippen LogP contribution in [0.5, 0.6) is 11.5 Å². The zero-order valence-corrected chi connectivity index (χ0v) is 18.5. The molecule has 5 N–H and O–H groups in total. The number of para-hydroxylation sites is 2. The molecule has 1 fully saturated rings. The van der Waals surface area contributed by atoms with Gasteiger partial charge in [0.15, 0.2) is 17.1 Å². The Kier molecular flexibility index (Phi) is 12.8. The summed E-state index contributed by atoms with van der Waals surface area (Å²) in [6, 6.07) is 7.12. The molecule has 11 heteroatoms. The van der Waals surface area contributed by atoms with E-state index in [1.807, 2.05) is 6.07 Å². The van der Waals surface area contributed by atoms with E-state index in [4.69, 9.17) is 29.9 Å². The van der Waals surface area contributed by atoms with Gasteiger partial charge < -0.3 is 35.0 Å². The molecule has 0 atom stereocenters. The molecule has 33 heavy (non-hydrogen) atoms. The second-order valence-electron chi connectivity index (χ2n) is 7.66. The summed E-state index contributed by atoms with van der Waals surface area (Å²) in [5.41, 5.74) is -2.74. The van der Waals surface area contributed by atoms with Crippen LogP contribution in [0.4, 0.5) is 0 Å². The van der Waals surface area contributed by atoms with Gasteiger partial charge in [-0.25, -0.2) is 4.79 Å². The minimum absolute atomic E-state index is 0.222. The van der Waals surface area contributed by atoms with Crippen molar-refractivity contribution in [3.8, 4) is 11.5 Å². The number of aliphatic carboxylic acids is 3. The first-order valence-electron chi connectivity index (χ1n) is 10.7. The van der Waals surface area contributed by atoms with Gasteiger partial charge in [0.2, 0.25) is 0 Å². The van der Waals surface area contributed by atoms with Crippen LogP contribution in [-0.4, -0.2) is 93.4 Å². The number of aromatic hydroxyl groups is 1. The molecule has 1 saturated heterocycles. The SMILES string of the molecule is O=C(O)CC(O)(CC(=O)O)C(=O)O.Oc1ccccc1OCCCCCCN1CCOCC1. The van der Waals surface area contributed by atoms with Crippen molar-refractivity contribution >= 4 is 17.9 Å². The van der Waals surface area contributed by atoms with Gasteiger partial charge in [-0.2, -0.15) is 0 Å². The van der Waals surface area contributed by atoms with E-state index in [0.717, 1.165) is 32.7 Å². The quantitative estimate of drug-likeness (QED) is 0.263. The summed E-state index contributed by atoms with van der Waals surface area (Å²) in [5.74, 6) is -4.21. The van der Waals surface area contributed by atoms with Gasteiger partial charge in [-0.15, -0.1) is 0 Å². The molecule has 1 aliphatic heterocycles. The van der Waals surface area contributed by atoms with Crippen LogP contribution in [0.3, 0.4) is 0 Å². The highest BCUT2D eigenvalue weighted by atomic mass is 16.5. The van der Waals surface area contributed by atoms with Gasteiger partial charge in [-0.1, -0.05) is 25.0 Å². The van der Waals surface area contributed by atoms with E-state index in [1.165, 1.54) is 25.8 Å². The summed E-state index contributed by atoms with van der Waals surface area (Å²) in [5, 5.41) is 43.4. The van der Waals surface area contributed by atoms with Crippen molar-refractivity contribution in [1.29, 1.82) is 0 Å². The maximum atomic E-state index is 10.3. The number of phenols is 1. The molecule has 1 heterocycles. The van der Waals surface area contributed by atoms with E-state index in [2.05, 4.69) is 4.90 Å². The summed E-state index contributed by atoms with van der Waals surface area (Å²) in [4.78, 5) is 33.0. The molecule has 1 aromatic carbocycles. The molecule has 1 aromatic rings.